The number of pyridine rings is 1. The molecular weight excluding hydrogens is 367 g/mol. The van der Waals surface area contributed by atoms with Crippen molar-refractivity contribution in [3.63, 3.8) is 0 Å². The van der Waals surface area contributed by atoms with Crippen LogP contribution in [-0.4, -0.2) is 40.7 Å². The van der Waals surface area contributed by atoms with E-state index in [4.69, 9.17) is 5.73 Å². The monoisotopic (exact) mass is 395 g/mol. The van der Waals surface area contributed by atoms with Crippen LogP contribution in [0.1, 0.15) is 55.0 Å². The van der Waals surface area contributed by atoms with Crippen LogP contribution >= 0.6 is 0 Å². The van der Waals surface area contributed by atoms with Crippen molar-refractivity contribution in [1.29, 1.82) is 0 Å². The molecule has 7 heteroatoms. The molecule has 1 aliphatic carbocycles. The number of hydrogen-bond acceptors (Lipinski definition) is 4. The number of aliphatic hydroxyl groups excluding tert-OH is 1. The van der Waals surface area contributed by atoms with E-state index in [1.54, 1.807) is 25.1 Å². The van der Waals surface area contributed by atoms with Crippen LogP contribution in [0.3, 0.4) is 0 Å². The predicted molar refractivity (Wildman–Crippen MR) is 104 cm³/mol. The van der Waals surface area contributed by atoms with Crippen molar-refractivity contribution in [3.8, 4) is 0 Å². The average Bonchev–Trinajstić information content (AvgIpc) is 2.67. The Balaban J connectivity index is 1.97. The molecule has 28 heavy (non-hydrogen) atoms. The van der Waals surface area contributed by atoms with E-state index in [9.17, 15) is 18.3 Å². The number of benzene rings is 1. The summed E-state index contributed by atoms with van der Waals surface area (Å²) in [6.07, 6.45) is -0.0476. The maximum Gasteiger partial charge on any atom is 0.433 e. The molecule has 0 bridgehead atoms. The number of para-hydroxylation sites is 1. The van der Waals surface area contributed by atoms with Crippen molar-refractivity contribution in [2.75, 3.05) is 19.6 Å². The molecule has 0 aliphatic heterocycles. The van der Waals surface area contributed by atoms with Gasteiger partial charge in [-0.05, 0) is 37.0 Å². The lowest BCUT2D eigenvalue weighted by Gasteiger charge is -2.35. The molecule has 3 N–H and O–H groups in total. The summed E-state index contributed by atoms with van der Waals surface area (Å²) in [5.41, 5.74) is 6.01. The quantitative estimate of drug-likeness (QED) is 0.770. The average molecular weight is 395 g/mol. The first-order chi connectivity index (χ1) is 13.3. The number of nitrogens with two attached hydrogens (primary N) is 1. The lowest BCUT2D eigenvalue weighted by atomic mass is 9.93. The smallest absolute Gasteiger partial charge is 0.387 e. The molecule has 1 saturated carbocycles. The summed E-state index contributed by atoms with van der Waals surface area (Å²) in [7, 11) is 0. The van der Waals surface area contributed by atoms with Gasteiger partial charge in [-0.15, -0.1) is 0 Å². The fourth-order valence-electron chi connectivity index (χ4n) is 4.19. The Morgan fingerprint density at radius 3 is 2.61 bits per heavy atom. The number of nitrogens with zero attached hydrogens (tertiary/aromatic N) is 2. The van der Waals surface area contributed by atoms with Crippen LogP contribution in [0.4, 0.5) is 13.2 Å². The van der Waals surface area contributed by atoms with E-state index < -0.39 is 18.0 Å². The van der Waals surface area contributed by atoms with Crippen LogP contribution in [-0.2, 0) is 6.18 Å². The van der Waals surface area contributed by atoms with Crippen LogP contribution in [0.2, 0.25) is 0 Å². The second kappa shape index (κ2) is 8.76. The van der Waals surface area contributed by atoms with E-state index in [2.05, 4.69) is 9.88 Å². The van der Waals surface area contributed by atoms with Crippen LogP contribution in [0, 0.1) is 6.92 Å². The minimum atomic E-state index is -4.56. The largest absolute Gasteiger partial charge is 0.433 e. The Kier molecular flexibility index (Phi) is 6.58. The third-order valence-corrected chi connectivity index (χ3v) is 5.64. The number of aromatic nitrogens is 1. The molecule has 0 radical (unpaired) electrons. The van der Waals surface area contributed by atoms with Gasteiger partial charge in [-0.3, -0.25) is 4.90 Å². The summed E-state index contributed by atoms with van der Waals surface area (Å²) in [6.45, 7) is 3.07. The van der Waals surface area contributed by atoms with Gasteiger partial charge < -0.3 is 10.8 Å². The Labute approximate surface area is 163 Å². The Hall–Kier alpha value is -1.70. The van der Waals surface area contributed by atoms with Gasteiger partial charge in [0.1, 0.15) is 5.69 Å². The van der Waals surface area contributed by atoms with Gasteiger partial charge in [0.2, 0.25) is 0 Å². The van der Waals surface area contributed by atoms with Gasteiger partial charge >= 0.3 is 6.18 Å². The normalized spacial score (nSPS) is 17.4. The lowest BCUT2D eigenvalue weighted by molar-refractivity contribution is -0.141. The molecule has 4 nitrogen and oxygen atoms in total. The molecule has 154 valence electrons. The molecule has 2 aromatic rings. The van der Waals surface area contributed by atoms with E-state index in [0.717, 1.165) is 31.7 Å². The molecular formula is C21H28F3N3O. The van der Waals surface area contributed by atoms with Crippen molar-refractivity contribution < 1.29 is 18.3 Å². The molecule has 1 heterocycles. The van der Waals surface area contributed by atoms with E-state index in [-0.39, 0.29) is 17.6 Å². The Morgan fingerprint density at radius 2 is 1.96 bits per heavy atom. The molecule has 1 atom stereocenters. The molecule has 3 rings (SSSR count). The summed E-state index contributed by atoms with van der Waals surface area (Å²) < 4.78 is 40.2. The van der Waals surface area contributed by atoms with E-state index in [0.29, 0.717) is 30.1 Å². The predicted octanol–water partition coefficient (Wildman–Crippen LogP) is 4.19. The Morgan fingerprint density at radius 1 is 1.25 bits per heavy atom. The maximum atomic E-state index is 13.4. The highest BCUT2D eigenvalue weighted by atomic mass is 19.4. The van der Waals surface area contributed by atoms with E-state index >= 15 is 0 Å². The van der Waals surface area contributed by atoms with Gasteiger partial charge in [-0.25, -0.2) is 4.98 Å². The first-order valence-electron chi connectivity index (χ1n) is 9.91. The first-order valence-corrected chi connectivity index (χ1v) is 9.91. The zero-order chi connectivity index (χ0) is 20.3. The molecule has 1 unspecified atom stereocenters. The third kappa shape index (κ3) is 4.64. The summed E-state index contributed by atoms with van der Waals surface area (Å²) >= 11 is 0. The molecule has 1 fully saturated rings. The summed E-state index contributed by atoms with van der Waals surface area (Å²) in [5.74, 6) is 0. The number of fused-ring (bicyclic) bond motifs is 1. The van der Waals surface area contributed by atoms with Crippen LogP contribution in [0.25, 0.3) is 10.9 Å². The second-order valence-electron chi connectivity index (χ2n) is 7.66. The third-order valence-electron chi connectivity index (χ3n) is 5.64. The highest BCUT2D eigenvalue weighted by Gasteiger charge is 2.34. The van der Waals surface area contributed by atoms with E-state index in [1.807, 2.05) is 0 Å². The van der Waals surface area contributed by atoms with Gasteiger partial charge in [0.15, 0.2) is 0 Å². The van der Waals surface area contributed by atoms with Gasteiger partial charge in [-0.1, -0.05) is 37.5 Å². The molecule has 0 spiro atoms. The minimum absolute atomic E-state index is 0.270. The highest BCUT2D eigenvalue weighted by molar-refractivity contribution is 5.85. The topological polar surface area (TPSA) is 62.4 Å². The van der Waals surface area contributed by atoms with Gasteiger partial charge in [0.05, 0.1) is 11.6 Å². The summed E-state index contributed by atoms with van der Waals surface area (Å²) in [4.78, 5) is 5.96. The van der Waals surface area contributed by atoms with Gasteiger partial charge in [-0.2, -0.15) is 13.2 Å². The van der Waals surface area contributed by atoms with Crippen molar-refractivity contribution in [3.05, 3.63) is 41.1 Å². The van der Waals surface area contributed by atoms with Crippen molar-refractivity contribution >= 4 is 10.9 Å². The lowest BCUT2D eigenvalue weighted by Crippen LogP contribution is -2.42. The number of aliphatic hydroxyl groups is 1. The zero-order valence-electron chi connectivity index (χ0n) is 16.2. The van der Waals surface area contributed by atoms with E-state index in [1.165, 1.54) is 6.42 Å². The van der Waals surface area contributed by atoms with Crippen LogP contribution < -0.4 is 5.73 Å². The van der Waals surface area contributed by atoms with Crippen molar-refractivity contribution in [2.45, 2.75) is 57.3 Å². The number of alkyl halides is 3. The van der Waals surface area contributed by atoms with Crippen molar-refractivity contribution in [1.82, 2.24) is 9.88 Å². The second-order valence-corrected chi connectivity index (χ2v) is 7.66. The number of hydrogen-bond donors (Lipinski definition) is 2. The standard InChI is InChI=1S/C21H28F3N3O/c1-14-6-5-9-16-17(12-19(21(22,23)24)26-20(14)16)18(28)13-27(11-10-25)15-7-3-2-4-8-15/h5-6,9,12,15,18,28H,2-4,7-8,10-11,13,25H2,1H3. The van der Waals surface area contributed by atoms with Crippen molar-refractivity contribution in [2.24, 2.45) is 5.73 Å². The molecule has 1 aliphatic rings. The SMILES string of the molecule is Cc1cccc2c(C(O)CN(CCN)C3CCCCC3)cc(C(F)(F)F)nc12. The first kappa shape index (κ1) is 21.0. The molecule has 0 saturated heterocycles. The summed E-state index contributed by atoms with van der Waals surface area (Å²) in [5, 5.41) is 11.5. The minimum Gasteiger partial charge on any atom is -0.387 e. The highest BCUT2D eigenvalue weighted by Crippen LogP contribution is 2.34. The molecule has 1 aromatic carbocycles. The zero-order valence-corrected chi connectivity index (χ0v) is 16.2. The Bertz CT molecular complexity index is 803. The van der Waals surface area contributed by atoms with Crippen LogP contribution in [0.15, 0.2) is 24.3 Å². The van der Waals surface area contributed by atoms with Gasteiger partial charge in [0, 0.05) is 31.1 Å². The number of rotatable bonds is 6. The number of halogens is 3. The fraction of sp³-hybridized carbons (Fsp3) is 0.571. The van der Waals surface area contributed by atoms with Gasteiger partial charge in [0.25, 0.3) is 0 Å². The maximum absolute atomic E-state index is 13.4. The van der Waals surface area contributed by atoms with Crippen LogP contribution in [0.5, 0.6) is 0 Å². The molecule has 1 aromatic heterocycles. The summed E-state index contributed by atoms with van der Waals surface area (Å²) in [6, 6.07) is 6.55. The fourth-order valence-corrected chi connectivity index (χ4v) is 4.19. The molecule has 0 amide bonds. The number of aryl methyl sites for hydroxylation is 1.